The fraction of sp³-hybridized carbons (Fsp3) is 0.214. The Kier molecular flexibility index (Phi) is 3.71. The summed E-state index contributed by atoms with van der Waals surface area (Å²) >= 11 is 0. The Morgan fingerprint density at radius 3 is 2.45 bits per heavy atom. The highest BCUT2D eigenvalue weighted by Gasteiger charge is 2.30. The molecule has 22 heavy (non-hydrogen) atoms. The Bertz CT molecular complexity index is 795. The number of hydrogen-bond donors (Lipinski definition) is 2. The van der Waals surface area contributed by atoms with Gasteiger partial charge in [-0.15, -0.1) is 0 Å². The number of carbonyl (C=O) groups is 1. The summed E-state index contributed by atoms with van der Waals surface area (Å²) in [6.07, 6.45) is 1.61. The van der Waals surface area contributed by atoms with Gasteiger partial charge in [-0.25, -0.2) is 17.5 Å². The molecule has 2 N–H and O–H groups in total. The van der Waals surface area contributed by atoms with Crippen LogP contribution in [0.4, 0.5) is 10.1 Å². The lowest BCUT2D eigenvalue weighted by Gasteiger charge is -2.03. The van der Waals surface area contributed by atoms with Crippen molar-refractivity contribution >= 4 is 21.6 Å². The van der Waals surface area contributed by atoms with E-state index >= 15 is 0 Å². The van der Waals surface area contributed by atoms with Crippen molar-refractivity contribution in [1.82, 2.24) is 4.72 Å². The molecule has 1 saturated carbocycles. The van der Waals surface area contributed by atoms with E-state index in [-0.39, 0.29) is 16.9 Å². The first kappa shape index (κ1) is 14.7. The molecule has 116 valence electrons. The number of hydrogen-bond acceptors (Lipinski definition) is 4. The second-order valence-corrected chi connectivity index (χ2v) is 6.62. The van der Waals surface area contributed by atoms with Crippen molar-refractivity contribution in [3.63, 3.8) is 0 Å². The molecular formula is C14H13FN2O4S. The number of benzene rings is 1. The number of amides is 1. The van der Waals surface area contributed by atoms with Crippen LogP contribution < -0.4 is 10.0 Å². The quantitative estimate of drug-likeness (QED) is 0.881. The molecule has 1 aliphatic carbocycles. The summed E-state index contributed by atoms with van der Waals surface area (Å²) in [4.78, 5) is 12.0. The Labute approximate surface area is 126 Å². The molecule has 1 amide bonds. The van der Waals surface area contributed by atoms with Gasteiger partial charge in [-0.3, -0.25) is 4.79 Å². The molecule has 0 aliphatic heterocycles. The van der Waals surface area contributed by atoms with E-state index in [1.807, 2.05) is 0 Å². The first-order valence-electron chi connectivity index (χ1n) is 6.63. The zero-order valence-electron chi connectivity index (χ0n) is 11.4. The van der Waals surface area contributed by atoms with Gasteiger partial charge >= 0.3 is 0 Å². The van der Waals surface area contributed by atoms with Gasteiger partial charge < -0.3 is 9.73 Å². The lowest BCUT2D eigenvalue weighted by Crippen LogP contribution is -2.25. The molecule has 0 unspecified atom stereocenters. The Balaban J connectivity index is 1.72. The van der Waals surface area contributed by atoms with Gasteiger partial charge in [0.1, 0.15) is 5.82 Å². The van der Waals surface area contributed by atoms with Crippen molar-refractivity contribution in [2.45, 2.75) is 24.0 Å². The largest absolute Gasteiger partial charge is 0.438 e. The Hall–Kier alpha value is -2.19. The van der Waals surface area contributed by atoms with Gasteiger partial charge in [0.2, 0.25) is 5.09 Å². The van der Waals surface area contributed by atoms with Gasteiger partial charge in [0.05, 0.1) is 0 Å². The molecule has 1 aromatic carbocycles. The highest BCUT2D eigenvalue weighted by atomic mass is 32.2. The second-order valence-electron chi connectivity index (χ2n) is 4.98. The van der Waals surface area contributed by atoms with Crippen LogP contribution in [0.15, 0.2) is 45.9 Å². The molecular weight excluding hydrogens is 311 g/mol. The molecule has 0 bridgehead atoms. The fourth-order valence-electron chi connectivity index (χ4n) is 1.79. The molecule has 3 rings (SSSR count). The van der Waals surface area contributed by atoms with Gasteiger partial charge in [-0.1, -0.05) is 0 Å². The van der Waals surface area contributed by atoms with Crippen LogP contribution in [0.5, 0.6) is 0 Å². The molecule has 1 fully saturated rings. The third kappa shape index (κ3) is 3.34. The summed E-state index contributed by atoms with van der Waals surface area (Å²) in [5.74, 6) is -1.17. The molecule has 2 aromatic rings. The van der Waals surface area contributed by atoms with Crippen molar-refractivity contribution in [3.05, 3.63) is 48.0 Å². The van der Waals surface area contributed by atoms with Gasteiger partial charge in [0.15, 0.2) is 5.76 Å². The maximum Gasteiger partial charge on any atom is 0.291 e. The van der Waals surface area contributed by atoms with Crippen LogP contribution in [0.25, 0.3) is 0 Å². The van der Waals surface area contributed by atoms with Crippen molar-refractivity contribution in [2.75, 3.05) is 5.32 Å². The lowest BCUT2D eigenvalue weighted by atomic mass is 10.3. The van der Waals surface area contributed by atoms with E-state index < -0.39 is 21.7 Å². The van der Waals surface area contributed by atoms with E-state index in [1.54, 1.807) is 0 Å². The molecule has 6 nitrogen and oxygen atoms in total. The third-order valence-corrected chi connectivity index (χ3v) is 4.46. The Morgan fingerprint density at radius 2 is 1.82 bits per heavy atom. The van der Waals surface area contributed by atoms with Crippen LogP contribution >= 0.6 is 0 Å². The third-order valence-electron chi connectivity index (χ3n) is 3.07. The summed E-state index contributed by atoms with van der Waals surface area (Å²) in [6.45, 7) is 0. The van der Waals surface area contributed by atoms with Crippen molar-refractivity contribution in [2.24, 2.45) is 0 Å². The fourth-order valence-corrected chi connectivity index (χ4v) is 3.03. The van der Waals surface area contributed by atoms with Crippen LogP contribution in [0, 0.1) is 5.82 Å². The smallest absolute Gasteiger partial charge is 0.291 e. The first-order chi connectivity index (χ1) is 10.4. The first-order valence-corrected chi connectivity index (χ1v) is 8.11. The Morgan fingerprint density at radius 1 is 1.14 bits per heavy atom. The lowest BCUT2D eigenvalue weighted by molar-refractivity contribution is 0.0991. The minimum absolute atomic E-state index is 0.0495. The molecule has 0 atom stereocenters. The SMILES string of the molecule is O=C(Nc1ccc(F)cc1)c1ccc(S(=O)(=O)NC2CC2)o1. The van der Waals surface area contributed by atoms with Crippen molar-refractivity contribution < 1.29 is 22.0 Å². The van der Waals surface area contributed by atoms with E-state index in [2.05, 4.69) is 10.0 Å². The number of furan rings is 1. The van der Waals surface area contributed by atoms with Gasteiger partial charge in [-0.2, -0.15) is 0 Å². The zero-order chi connectivity index (χ0) is 15.7. The summed E-state index contributed by atoms with van der Waals surface area (Å²) in [6, 6.07) is 7.64. The second kappa shape index (κ2) is 5.54. The highest BCUT2D eigenvalue weighted by molar-refractivity contribution is 7.89. The predicted molar refractivity (Wildman–Crippen MR) is 76.4 cm³/mol. The molecule has 1 aliphatic rings. The maximum absolute atomic E-state index is 12.8. The van der Waals surface area contributed by atoms with E-state index in [4.69, 9.17) is 4.42 Å². The molecule has 0 spiro atoms. The van der Waals surface area contributed by atoms with Crippen LogP contribution in [0.1, 0.15) is 23.4 Å². The van der Waals surface area contributed by atoms with E-state index in [9.17, 15) is 17.6 Å². The number of rotatable bonds is 5. The van der Waals surface area contributed by atoms with Crippen molar-refractivity contribution in [3.8, 4) is 0 Å². The maximum atomic E-state index is 12.8. The standard InChI is InChI=1S/C14H13FN2O4S/c15-9-1-3-10(4-2-9)16-14(18)12-7-8-13(21-12)22(19,20)17-11-5-6-11/h1-4,7-8,11,17H,5-6H2,(H,16,18). The zero-order valence-corrected chi connectivity index (χ0v) is 12.2. The van der Waals surface area contributed by atoms with Gasteiger partial charge in [0, 0.05) is 11.7 Å². The van der Waals surface area contributed by atoms with Crippen LogP contribution in [-0.2, 0) is 10.0 Å². The van der Waals surface area contributed by atoms with E-state index in [0.717, 1.165) is 12.8 Å². The normalized spacial score (nSPS) is 14.8. The minimum Gasteiger partial charge on any atom is -0.438 e. The summed E-state index contributed by atoms with van der Waals surface area (Å²) in [7, 11) is -3.73. The number of halogens is 1. The van der Waals surface area contributed by atoms with Crippen LogP contribution in [0.3, 0.4) is 0 Å². The van der Waals surface area contributed by atoms with Gasteiger partial charge in [0.25, 0.3) is 15.9 Å². The van der Waals surface area contributed by atoms with Gasteiger partial charge in [-0.05, 0) is 49.2 Å². The topological polar surface area (TPSA) is 88.4 Å². The van der Waals surface area contributed by atoms with Crippen LogP contribution in [0.2, 0.25) is 0 Å². The highest BCUT2D eigenvalue weighted by Crippen LogP contribution is 2.23. The monoisotopic (exact) mass is 324 g/mol. The molecule has 8 heteroatoms. The van der Waals surface area contributed by atoms with E-state index in [1.165, 1.54) is 36.4 Å². The average Bonchev–Trinajstić information content (AvgIpc) is 3.11. The van der Waals surface area contributed by atoms with E-state index in [0.29, 0.717) is 5.69 Å². The summed E-state index contributed by atoms with van der Waals surface area (Å²) in [5.41, 5.74) is 0.378. The minimum atomic E-state index is -3.73. The predicted octanol–water partition coefficient (Wildman–Crippen LogP) is 2.11. The average molecular weight is 324 g/mol. The summed E-state index contributed by atoms with van der Waals surface area (Å²) in [5, 5.41) is 2.19. The number of sulfonamides is 1. The molecule has 0 saturated heterocycles. The molecule has 1 heterocycles. The van der Waals surface area contributed by atoms with Crippen molar-refractivity contribution in [1.29, 1.82) is 0 Å². The van der Waals surface area contributed by atoms with Crippen LogP contribution in [-0.4, -0.2) is 20.4 Å². The summed E-state index contributed by atoms with van der Waals surface area (Å²) < 4.78 is 44.2. The number of carbonyl (C=O) groups excluding carboxylic acids is 1. The number of nitrogens with one attached hydrogen (secondary N) is 2. The number of anilines is 1. The molecule has 0 radical (unpaired) electrons. The molecule has 1 aromatic heterocycles.